The number of ether oxygens (including phenoxy) is 1. The molecule has 0 bridgehead atoms. The Labute approximate surface area is 115 Å². The minimum Gasteiger partial charge on any atom is -0.490 e. The third-order valence-corrected chi connectivity index (χ3v) is 3.75. The first-order valence-corrected chi connectivity index (χ1v) is 6.84. The molecule has 1 aromatic carbocycles. The quantitative estimate of drug-likeness (QED) is 0.856. The predicted octanol–water partition coefficient (Wildman–Crippen LogP) is 2.14. The number of hydrogen-bond acceptors (Lipinski definition) is 3. The molecule has 0 fully saturated rings. The molecular formula is C14H17F3N2O. The van der Waals surface area contributed by atoms with Crippen molar-refractivity contribution in [3.63, 3.8) is 0 Å². The topological polar surface area (TPSA) is 24.5 Å². The van der Waals surface area contributed by atoms with Crippen LogP contribution in [0.25, 0.3) is 0 Å². The number of rotatable bonds is 1. The molecule has 1 N–H and O–H groups in total. The Hall–Kier alpha value is -1.43. The van der Waals surface area contributed by atoms with Crippen molar-refractivity contribution in [1.29, 1.82) is 0 Å². The maximum absolute atomic E-state index is 12.6. The molecule has 2 aliphatic rings. The van der Waals surface area contributed by atoms with Gasteiger partial charge in [-0.3, -0.25) is 0 Å². The molecule has 0 aromatic heterocycles. The number of fused-ring (bicyclic) bond motifs is 2. The number of benzene rings is 1. The van der Waals surface area contributed by atoms with Crippen LogP contribution in [0.2, 0.25) is 0 Å². The number of halogens is 3. The van der Waals surface area contributed by atoms with E-state index >= 15 is 0 Å². The maximum Gasteiger partial charge on any atom is 0.405 e. The summed E-state index contributed by atoms with van der Waals surface area (Å²) < 4.78 is 43.5. The molecule has 3 nitrogen and oxygen atoms in total. The molecule has 2 aliphatic heterocycles. The van der Waals surface area contributed by atoms with Gasteiger partial charge in [-0.2, -0.15) is 13.2 Å². The van der Waals surface area contributed by atoms with Crippen molar-refractivity contribution in [3.8, 4) is 5.75 Å². The van der Waals surface area contributed by atoms with Crippen LogP contribution in [0, 0.1) is 0 Å². The Balaban J connectivity index is 1.94. The first kappa shape index (κ1) is 13.5. The summed E-state index contributed by atoms with van der Waals surface area (Å²) in [6.07, 6.45) is -2.45. The highest BCUT2D eigenvalue weighted by Gasteiger charge is 2.33. The molecule has 0 radical (unpaired) electrons. The zero-order valence-electron chi connectivity index (χ0n) is 11.1. The van der Waals surface area contributed by atoms with E-state index in [0.29, 0.717) is 18.0 Å². The van der Waals surface area contributed by atoms with Crippen molar-refractivity contribution in [2.75, 3.05) is 37.7 Å². The SMILES string of the molecule is FC(F)(F)CN1CCOc2cc3c(cc21)CCNCC3. The van der Waals surface area contributed by atoms with Crippen LogP contribution in [-0.2, 0) is 12.8 Å². The second kappa shape index (κ2) is 5.16. The number of hydrogen-bond donors (Lipinski definition) is 1. The molecule has 0 saturated heterocycles. The predicted molar refractivity (Wildman–Crippen MR) is 70.5 cm³/mol. The molecule has 0 aliphatic carbocycles. The molecule has 2 heterocycles. The van der Waals surface area contributed by atoms with Gasteiger partial charge in [0.25, 0.3) is 0 Å². The van der Waals surface area contributed by atoms with Gasteiger partial charge in [0.05, 0.1) is 12.2 Å². The minimum atomic E-state index is -4.19. The Kier molecular flexibility index (Phi) is 3.50. The highest BCUT2D eigenvalue weighted by Crippen LogP contribution is 2.36. The van der Waals surface area contributed by atoms with Crippen LogP contribution in [0.3, 0.4) is 0 Å². The van der Waals surface area contributed by atoms with Crippen molar-refractivity contribution in [3.05, 3.63) is 23.3 Å². The molecule has 0 amide bonds. The van der Waals surface area contributed by atoms with Gasteiger partial charge >= 0.3 is 6.18 Å². The first-order chi connectivity index (χ1) is 9.53. The fraction of sp³-hybridized carbons (Fsp3) is 0.571. The molecular weight excluding hydrogens is 269 g/mol. The van der Waals surface area contributed by atoms with Gasteiger partial charge in [-0.25, -0.2) is 0 Å². The second-order valence-electron chi connectivity index (χ2n) is 5.22. The van der Waals surface area contributed by atoms with E-state index in [1.165, 1.54) is 10.5 Å². The van der Waals surface area contributed by atoms with Gasteiger partial charge in [0.1, 0.15) is 18.9 Å². The third-order valence-electron chi connectivity index (χ3n) is 3.75. The summed E-state index contributed by atoms with van der Waals surface area (Å²) in [6, 6.07) is 3.79. The summed E-state index contributed by atoms with van der Waals surface area (Å²) in [4.78, 5) is 1.37. The smallest absolute Gasteiger partial charge is 0.405 e. The number of anilines is 1. The van der Waals surface area contributed by atoms with Gasteiger partial charge in [0.15, 0.2) is 0 Å². The summed E-state index contributed by atoms with van der Waals surface area (Å²) in [5.41, 5.74) is 2.89. The van der Waals surface area contributed by atoms with Crippen LogP contribution in [0.15, 0.2) is 12.1 Å². The normalized spacial score (nSPS) is 18.9. The molecule has 1 aromatic rings. The van der Waals surface area contributed by atoms with Crippen LogP contribution in [0.4, 0.5) is 18.9 Å². The highest BCUT2D eigenvalue weighted by atomic mass is 19.4. The summed E-state index contributed by atoms with van der Waals surface area (Å²) in [7, 11) is 0. The van der Waals surface area contributed by atoms with Crippen LogP contribution >= 0.6 is 0 Å². The lowest BCUT2D eigenvalue weighted by Crippen LogP contribution is -2.39. The van der Waals surface area contributed by atoms with E-state index in [9.17, 15) is 13.2 Å². The largest absolute Gasteiger partial charge is 0.490 e. The maximum atomic E-state index is 12.6. The Bertz CT molecular complexity index is 502. The molecule has 0 atom stereocenters. The van der Waals surface area contributed by atoms with Gasteiger partial charge in [0.2, 0.25) is 0 Å². The van der Waals surface area contributed by atoms with Crippen molar-refractivity contribution in [2.45, 2.75) is 19.0 Å². The minimum absolute atomic E-state index is 0.281. The van der Waals surface area contributed by atoms with Crippen molar-refractivity contribution in [1.82, 2.24) is 5.32 Å². The molecule has 6 heteroatoms. The first-order valence-electron chi connectivity index (χ1n) is 6.84. The van der Waals surface area contributed by atoms with Crippen molar-refractivity contribution >= 4 is 5.69 Å². The highest BCUT2D eigenvalue weighted by molar-refractivity contribution is 5.63. The van der Waals surface area contributed by atoms with E-state index < -0.39 is 12.7 Å². The zero-order valence-corrected chi connectivity index (χ0v) is 11.1. The lowest BCUT2D eigenvalue weighted by Gasteiger charge is -2.32. The average Bonchev–Trinajstić information content (AvgIpc) is 2.59. The van der Waals surface area contributed by atoms with Gasteiger partial charge < -0.3 is 15.0 Å². The molecule has 0 spiro atoms. The van der Waals surface area contributed by atoms with Gasteiger partial charge in [-0.1, -0.05) is 0 Å². The molecule has 0 saturated carbocycles. The van der Waals surface area contributed by atoms with Gasteiger partial charge in [-0.05, 0) is 49.2 Å². The van der Waals surface area contributed by atoms with E-state index in [1.54, 1.807) is 0 Å². The van der Waals surface area contributed by atoms with Gasteiger partial charge in [-0.15, -0.1) is 0 Å². The summed E-state index contributed by atoms with van der Waals surface area (Å²) in [5.74, 6) is 0.584. The molecule has 20 heavy (non-hydrogen) atoms. The van der Waals surface area contributed by atoms with Crippen LogP contribution in [-0.4, -0.2) is 39.0 Å². The van der Waals surface area contributed by atoms with Gasteiger partial charge in [0, 0.05) is 0 Å². The van der Waals surface area contributed by atoms with Crippen LogP contribution in [0.5, 0.6) is 5.75 Å². The number of alkyl halides is 3. The van der Waals surface area contributed by atoms with Crippen LogP contribution < -0.4 is 15.0 Å². The van der Waals surface area contributed by atoms with E-state index in [2.05, 4.69) is 5.32 Å². The molecule has 110 valence electrons. The van der Waals surface area contributed by atoms with E-state index in [-0.39, 0.29) is 6.54 Å². The average molecular weight is 286 g/mol. The second-order valence-corrected chi connectivity index (χ2v) is 5.22. The lowest BCUT2D eigenvalue weighted by atomic mass is 10.0. The fourth-order valence-corrected chi connectivity index (χ4v) is 2.82. The lowest BCUT2D eigenvalue weighted by molar-refractivity contribution is -0.120. The third kappa shape index (κ3) is 2.85. The Morgan fingerprint density at radius 3 is 2.55 bits per heavy atom. The standard InChI is InChI=1S/C14H17F3N2O/c15-14(16,17)9-19-5-6-20-13-8-11-2-4-18-3-1-10(11)7-12(13)19/h7-8,18H,1-6,9H2. The Morgan fingerprint density at radius 2 is 1.85 bits per heavy atom. The molecule has 3 rings (SSSR count). The van der Waals surface area contributed by atoms with E-state index in [0.717, 1.165) is 31.5 Å². The van der Waals surface area contributed by atoms with Crippen molar-refractivity contribution < 1.29 is 17.9 Å². The summed E-state index contributed by atoms with van der Waals surface area (Å²) >= 11 is 0. The number of nitrogens with one attached hydrogen (secondary N) is 1. The van der Waals surface area contributed by atoms with Crippen LogP contribution in [0.1, 0.15) is 11.1 Å². The van der Waals surface area contributed by atoms with E-state index in [4.69, 9.17) is 4.74 Å². The monoisotopic (exact) mass is 286 g/mol. The molecule has 0 unspecified atom stereocenters. The fourth-order valence-electron chi connectivity index (χ4n) is 2.82. The number of nitrogens with zero attached hydrogens (tertiary/aromatic N) is 1. The van der Waals surface area contributed by atoms with E-state index in [1.807, 2.05) is 12.1 Å². The van der Waals surface area contributed by atoms with Crippen molar-refractivity contribution in [2.24, 2.45) is 0 Å². The zero-order chi connectivity index (χ0) is 14.2. The summed E-state index contributed by atoms with van der Waals surface area (Å²) in [5, 5.41) is 3.30. The summed E-state index contributed by atoms with van der Waals surface area (Å²) in [6.45, 7) is 1.44. The Morgan fingerprint density at radius 1 is 1.15 bits per heavy atom.